The van der Waals surface area contributed by atoms with E-state index in [9.17, 15) is 4.79 Å². The number of anilines is 1. The minimum atomic E-state index is -0.597. The molecule has 0 fully saturated rings. The minimum absolute atomic E-state index is 0.203. The van der Waals surface area contributed by atoms with Gasteiger partial charge < -0.3 is 9.84 Å². The molecule has 0 bridgehead atoms. The van der Waals surface area contributed by atoms with E-state index >= 15 is 0 Å². The monoisotopic (exact) mass is 257 g/mol. The molecule has 1 rings (SSSR count). The predicted molar refractivity (Wildman–Crippen MR) is 67.2 cm³/mol. The lowest BCUT2D eigenvalue weighted by molar-refractivity contribution is 0.0635. The van der Waals surface area contributed by atoms with E-state index in [0.29, 0.717) is 16.3 Å². The number of carbonyl (C=O) groups is 1. The number of nitrogens with one attached hydrogen (secondary N) is 1. The number of rotatable bonds is 2. The molecule has 0 aliphatic rings. The van der Waals surface area contributed by atoms with E-state index in [1.54, 1.807) is 39.0 Å². The predicted octanol–water partition coefficient (Wildman–Crippen LogP) is 3.18. The van der Waals surface area contributed by atoms with Gasteiger partial charge in [-0.1, -0.05) is 23.7 Å². The third-order valence-electron chi connectivity index (χ3n) is 1.90. The molecule has 0 aliphatic carbocycles. The lowest BCUT2D eigenvalue weighted by Gasteiger charge is -2.20. The molecular formula is C12H16ClNO3. The maximum atomic E-state index is 11.6. The fourth-order valence-corrected chi connectivity index (χ4v) is 1.49. The van der Waals surface area contributed by atoms with Crippen LogP contribution in [0.3, 0.4) is 0 Å². The SMILES string of the molecule is CC(C)(C)OC(=O)Nc1c(Cl)cccc1CO. The molecule has 4 nitrogen and oxygen atoms in total. The molecule has 1 amide bonds. The Morgan fingerprint density at radius 3 is 2.65 bits per heavy atom. The molecule has 0 atom stereocenters. The van der Waals surface area contributed by atoms with E-state index in [2.05, 4.69) is 5.32 Å². The molecule has 2 N–H and O–H groups in total. The first-order chi connectivity index (χ1) is 7.83. The summed E-state index contributed by atoms with van der Waals surface area (Å²) in [4.78, 5) is 11.6. The first kappa shape index (κ1) is 13.8. The van der Waals surface area contributed by atoms with Gasteiger partial charge in [0.15, 0.2) is 0 Å². The molecule has 0 radical (unpaired) electrons. The third-order valence-corrected chi connectivity index (χ3v) is 2.21. The highest BCUT2D eigenvalue weighted by atomic mass is 35.5. The number of carbonyl (C=O) groups excluding carboxylic acids is 1. The van der Waals surface area contributed by atoms with E-state index in [1.165, 1.54) is 0 Å². The highest BCUT2D eigenvalue weighted by Crippen LogP contribution is 2.26. The molecule has 1 aromatic rings. The van der Waals surface area contributed by atoms with Crippen molar-refractivity contribution < 1.29 is 14.6 Å². The van der Waals surface area contributed by atoms with Crippen molar-refractivity contribution in [3.8, 4) is 0 Å². The molecule has 1 aromatic carbocycles. The van der Waals surface area contributed by atoms with Gasteiger partial charge in [-0.15, -0.1) is 0 Å². The molecule has 0 saturated heterocycles. The molecular weight excluding hydrogens is 242 g/mol. The van der Waals surface area contributed by atoms with Crippen LogP contribution in [-0.4, -0.2) is 16.8 Å². The largest absolute Gasteiger partial charge is 0.444 e. The second-order valence-corrected chi connectivity index (χ2v) is 4.97. The van der Waals surface area contributed by atoms with Gasteiger partial charge >= 0.3 is 6.09 Å². The molecule has 17 heavy (non-hydrogen) atoms. The van der Waals surface area contributed by atoms with Crippen molar-refractivity contribution in [2.45, 2.75) is 33.0 Å². The fraction of sp³-hybridized carbons (Fsp3) is 0.417. The van der Waals surface area contributed by atoms with Crippen molar-refractivity contribution in [3.63, 3.8) is 0 Å². The number of halogens is 1. The summed E-state index contributed by atoms with van der Waals surface area (Å²) in [5.74, 6) is 0. The van der Waals surface area contributed by atoms with Crippen LogP contribution in [0.15, 0.2) is 18.2 Å². The van der Waals surface area contributed by atoms with Crippen LogP contribution in [0.1, 0.15) is 26.3 Å². The van der Waals surface area contributed by atoms with Crippen molar-refractivity contribution in [2.24, 2.45) is 0 Å². The Morgan fingerprint density at radius 1 is 1.47 bits per heavy atom. The van der Waals surface area contributed by atoms with Gasteiger partial charge in [-0.2, -0.15) is 0 Å². The Kier molecular flexibility index (Phi) is 4.37. The summed E-state index contributed by atoms with van der Waals surface area (Å²) < 4.78 is 5.11. The van der Waals surface area contributed by atoms with E-state index < -0.39 is 11.7 Å². The number of benzene rings is 1. The van der Waals surface area contributed by atoms with Gasteiger partial charge in [-0.25, -0.2) is 4.79 Å². The van der Waals surface area contributed by atoms with Gasteiger partial charge in [-0.05, 0) is 26.8 Å². The van der Waals surface area contributed by atoms with Crippen molar-refractivity contribution in [1.82, 2.24) is 0 Å². The van der Waals surface area contributed by atoms with Crippen molar-refractivity contribution >= 4 is 23.4 Å². The van der Waals surface area contributed by atoms with Gasteiger partial charge in [0.2, 0.25) is 0 Å². The number of aliphatic hydroxyl groups excluding tert-OH is 1. The van der Waals surface area contributed by atoms with Crippen LogP contribution in [0.4, 0.5) is 10.5 Å². The van der Waals surface area contributed by atoms with Gasteiger partial charge in [0.25, 0.3) is 0 Å². The first-order valence-corrected chi connectivity index (χ1v) is 5.59. The van der Waals surface area contributed by atoms with Crippen molar-refractivity contribution in [3.05, 3.63) is 28.8 Å². The molecule has 0 unspecified atom stereocenters. The second kappa shape index (κ2) is 5.38. The number of ether oxygens (including phenoxy) is 1. The van der Waals surface area contributed by atoms with Crippen molar-refractivity contribution in [1.29, 1.82) is 0 Å². The zero-order valence-corrected chi connectivity index (χ0v) is 10.8. The van der Waals surface area contributed by atoms with E-state index in [0.717, 1.165) is 0 Å². The summed E-state index contributed by atoms with van der Waals surface area (Å²) >= 11 is 5.94. The average Bonchev–Trinajstić information content (AvgIpc) is 2.18. The van der Waals surface area contributed by atoms with Gasteiger partial charge in [0.1, 0.15) is 5.60 Å². The van der Waals surface area contributed by atoms with E-state index in [-0.39, 0.29) is 6.61 Å². The first-order valence-electron chi connectivity index (χ1n) is 5.22. The van der Waals surface area contributed by atoms with Crippen LogP contribution >= 0.6 is 11.6 Å². The Hall–Kier alpha value is -1.26. The van der Waals surface area contributed by atoms with Crippen molar-refractivity contribution in [2.75, 3.05) is 5.32 Å². The Labute approximate surface area is 106 Å². The number of aliphatic hydroxyl groups is 1. The number of hydrogen-bond donors (Lipinski definition) is 2. The standard InChI is InChI=1S/C12H16ClNO3/c1-12(2,3)17-11(16)14-10-8(7-15)5-4-6-9(10)13/h4-6,15H,7H2,1-3H3,(H,14,16). The zero-order valence-electron chi connectivity index (χ0n) is 10.1. The summed E-state index contributed by atoms with van der Waals surface area (Å²) in [7, 11) is 0. The smallest absolute Gasteiger partial charge is 0.412 e. The number of amides is 1. The molecule has 0 spiro atoms. The summed E-state index contributed by atoms with van der Waals surface area (Å²) in [5.41, 5.74) is 0.347. The molecule has 0 aliphatic heterocycles. The fourth-order valence-electron chi connectivity index (χ4n) is 1.25. The summed E-state index contributed by atoms with van der Waals surface area (Å²) in [5, 5.41) is 12.0. The lowest BCUT2D eigenvalue weighted by Crippen LogP contribution is -2.27. The lowest BCUT2D eigenvalue weighted by atomic mass is 10.2. The zero-order chi connectivity index (χ0) is 13.1. The molecule has 0 saturated carbocycles. The van der Waals surface area contributed by atoms with Gasteiger partial charge in [0.05, 0.1) is 17.3 Å². The minimum Gasteiger partial charge on any atom is -0.444 e. The summed E-state index contributed by atoms with van der Waals surface area (Å²) in [6, 6.07) is 5.01. The number of para-hydroxylation sites is 1. The average molecular weight is 258 g/mol. The van der Waals surface area contributed by atoms with Gasteiger partial charge in [-0.3, -0.25) is 5.32 Å². The second-order valence-electron chi connectivity index (χ2n) is 4.56. The molecule has 0 aromatic heterocycles. The van der Waals surface area contributed by atoms with Crippen LogP contribution in [-0.2, 0) is 11.3 Å². The normalized spacial score (nSPS) is 11.1. The molecule has 94 valence electrons. The maximum Gasteiger partial charge on any atom is 0.412 e. The summed E-state index contributed by atoms with van der Waals surface area (Å²) in [6.45, 7) is 5.11. The van der Waals surface area contributed by atoms with Gasteiger partial charge in [0, 0.05) is 5.56 Å². The highest BCUT2D eigenvalue weighted by molar-refractivity contribution is 6.33. The Bertz CT molecular complexity index is 413. The third kappa shape index (κ3) is 4.24. The topological polar surface area (TPSA) is 58.6 Å². The van der Waals surface area contributed by atoms with Crippen LogP contribution in [0.2, 0.25) is 5.02 Å². The highest BCUT2D eigenvalue weighted by Gasteiger charge is 2.18. The van der Waals surface area contributed by atoms with Crippen LogP contribution < -0.4 is 5.32 Å². The van der Waals surface area contributed by atoms with E-state index in [1.807, 2.05) is 0 Å². The maximum absolute atomic E-state index is 11.6. The quantitative estimate of drug-likeness (QED) is 0.856. The van der Waals surface area contributed by atoms with Crippen LogP contribution in [0.25, 0.3) is 0 Å². The Morgan fingerprint density at radius 2 is 2.12 bits per heavy atom. The number of hydrogen-bond acceptors (Lipinski definition) is 3. The van der Waals surface area contributed by atoms with Crippen LogP contribution in [0.5, 0.6) is 0 Å². The summed E-state index contributed by atoms with van der Waals surface area (Å²) in [6.07, 6.45) is -0.597. The molecule has 0 heterocycles. The molecule has 5 heteroatoms. The van der Waals surface area contributed by atoms with E-state index in [4.69, 9.17) is 21.4 Å². The van der Waals surface area contributed by atoms with Crippen LogP contribution in [0, 0.1) is 0 Å². The Balaban J connectivity index is 2.84.